The molecule has 0 aromatic heterocycles. The van der Waals surface area contributed by atoms with E-state index < -0.39 is 18.8 Å². The molecule has 1 aliphatic rings. The van der Waals surface area contributed by atoms with Gasteiger partial charge in [0.1, 0.15) is 17.2 Å². The Kier molecular flexibility index (Phi) is 14.6. The molecule has 1 atom stereocenters. The predicted molar refractivity (Wildman–Crippen MR) is 190 cm³/mol. The molecule has 244 valence electrons. The molecule has 0 saturated carbocycles. The van der Waals surface area contributed by atoms with Gasteiger partial charge < -0.3 is 9.47 Å². The highest BCUT2D eigenvalue weighted by molar-refractivity contribution is 7.94. The van der Waals surface area contributed by atoms with Crippen LogP contribution in [-0.4, -0.2) is 31.8 Å². The zero-order valence-corrected chi connectivity index (χ0v) is 27.2. The van der Waals surface area contributed by atoms with E-state index in [9.17, 15) is 9.18 Å². The first-order valence-corrected chi connectivity index (χ1v) is 14.9. The van der Waals surface area contributed by atoms with Crippen molar-refractivity contribution in [2.45, 2.75) is 10.9 Å². The number of hydrogen-bond donors (Lipinski definition) is 1. The summed E-state index contributed by atoms with van der Waals surface area (Å²) in [7, 11) is 1.55. The third-order valence-electron chi connectivity index (χ3n) is 5.78. The molecular weight excluding hydrogens is 670 g/mol. The van der Waals surface area contributed by atoms with Gasteiger partial charge in [-0.2, -0.15) is 10.2 Å². The second-order valence-corrected chi connectivity index (χ2v) is 9.69. The lowest BCUT2D eigenvalue weighted by molar-refractivity contribution is -0.117. The minimum atomic E-state index is -1.14. The second-order valence-electron chi connectivity index (χ2n) is 8.92. The lowest BCUT2D eigenvalue weighted by Crippen LogP contribution is -2.36. The number of nitrogens with zero attached hydrogens (tertiary/aromatic N) is 4. The number of hydrazine groups is 1. The van der Waals surface area contributed by atoms with Crippen LogP contribution in [0.25, 0.3) is 0 Å². The van der Waals surface area contributed by atoms with Crippen molar-refractivity contribution in [1.29, 1.82) is 0 Å². The number of alkyl halides is 1. The van der Waals surface area contributed by atoms with Crippen LogP contribution in [0.3, 0.4) is 0 Å². The summed E-state index contributed by atoms with van der Waals surface area (Å²) in [6.07, 6.45) is 7.23. The molecular formula is C39H20FN5O5S. The highest BCUT2D eigenvalue weighted by atomic mass is 32.2. The van der Waals surface area contributed by atoms with E-state index in [-0.39, 0.29) is 17.3 Å². The van der Waals surface area contributed by atoms with Gasteiger partial charge in [-0.15, -0.1) is 6.42 Å². The van der Waals surface area contributed by atoms with Crippen molar-refractivity contribution in [3.63, 3.8) is 0 Å². The van der Waals surface area contributed by atoms with E-state index in [0.29, 0.717) is 22.0 Å². The molecule has 1 amide bonds. The van der Waals surface area contributed by atoms with Crippen LogP contribution < -0.4 is 19.9 Å². The molecule has 1 unspecified atom stereocenters. The predicted octanol–water partition coefficient (Wildman–Crippen LogP) is 5.30. The van der Waals surface area contributed by atoms with Crippen molar-refractivity contribution in [3.05, 3.63) is 72.8 Å². The molecule has 0 bridgehead atoms. The van der Waals surface area contributed by atoms with Gasteiger partial charge in [0.05, 0.1) is 30.5 Å². The van der Waals surface area contributed by atoms with Crippen molar-refractivity contribution < 1.29 is 27.9 Å². The van der Waals surface area contributed by atoms with E-state index in [4.69, 9.17) is 25.1 Å². The first-order chi connectivity index (χ1) is 25.1. The van der Waals surface area contributed by atoms with E-state index in [1.54, 1.807) is 79.9 Å². The van der Waals surface area contributed by atoms with Gasteiger partial charge in [0.2, 0.25) is 12.9 Å². The summed E-state index contributed by atoms with van der Waals surface area (Å²) >= 11 is 0.901. The number of methoxy groups -OCH3 is 1. The molecule has 51 heavy (non-hydrogen) atoms. The molecule has 1 N–H and O–H groups in total. The molecule has 0 radical (unpaired) electrons. The van der Waals surface area contributed by atoms with Crippen molar-refractivity contribution >= 4 is 40.8 Å². The molecule has 1 heterocycles. The van der Waals surface area contributed by atoms with Crippen LogP contribution in [0.5, 0.6) is 11.5 Å². The summed E-state index contributed by atoms with van der Waals surface area (Å²) < 4.78 is 28.3. The zero-order chi connectivity index (χ0) is 35.9. The maximum atomic E-state index is 13.6. The van der Waals surface area contributed by atoms with E-state index in [1.807, 2.05) is 0 Å². The summed E-state index contributed by atoms with van der Waals surface area (Å²) in [5.74, 6) is 34.5. The fourth-order valence-corrected chi connectivity index (χ4v) is 4.04. The van der Waals surface area contributed by atoms with Crippen molar-refractivity contribution in [1.82, 2.24) is 5.43 Å². The molecule has 3 aromatic carbocycles. The Morgan fingerprint density at radius 2 is 1.43 bits per heavy atom. The third-order valence-corrected chi connectivity index (χ3v) is 6.38. The van der Waals surface area contributed by atoms with Crippen molar-refractivity contribution in [3.8, 4) is 107 Å². The van der Waals surface area contributed by atoms with Gasteiger partial charge in [0.25, 0.3) is 5.91 Å². The molecule has 4 rings (SSSR count). The van der Waals surface area contributed by atoms with Gasteiger partial charge in [-0.05, 0) is 102 Å². The lowest BCUT2D eigenvalue weighted by Gasteiger charge is -2.18. The van der Waals surface area contributed by atoms with E-state index in [2.05, 4.69) is 110 Å². The topological polar surface area (TPSA) is 106 Å². The molecule has 10 nitrogen and oxygen atoms in total. The summed E-state index contributed by atoms with van der Waals surface area (Å²) in [6, 6.07) is 19.0. The first kappa shape index (κ1) is 36.2. The van der Waals surface area contributed by atoms with Gasteiger partial charge in [0.15, 0.2) is 11.9 Å². The number of rotatable bonds is 10. The average molecular weight is 690 g/mol. The number of aliphatic imine (C=N–C) groups is 1. The van der Waals surface area contributed by atoms with Crippen molar-refractivity contribution in [2.75, 3.05) is 19.0 Å². The third kappa shape index (κ3) is 11.8. The number of halogens is 1. The Hall–Kier alpha value is -7.68. The van der Waals surface area contributed by atoms with Crippen LogP contribution in [0.1, 0.15) is 0 Å². The van der Waals surface area contributed by atoms with Gasteiger partial charge >= 0.3 is 0 Å². The number of terminal acetylenes is 1. The number of hydrogen-bond acceptors (Lipinski definition) is 9. The van der Waals surface area contributed by atoms with E-state index in [1.165, 1.54) is 5.01 Å². The van der Waals surface area contributed by atoms with E-state index >= 15 is 0 Å². The largest absolute Gasteiger partial charge is 0.497 e. The number of ether oxygens (including phenoxy) is 2. The van der Waals surface area contributed by atoms with Crippen LogP contribution in [0.2, 0.25) is 0 Å². The summed E-state index contributed by atoms with van der Waals surface area (Å²) in [5.41, 5.74) is 4.22. The molecule has 1 fully saturated rings. The molecule has 1 aliphatic heterocycles. The number of azo groups is 1. The SMILES string of the molecule is C#CC#CC#CC#CC#CC#CC#CC#COOSc1ccc(N=C2NN(c3ccccc3OCF)C(=O)C2N=Nc2ccc(OC)cc2)cc1. The normalized spacial score (nSPS) is 12.7. The highest BCUT2D eigenvalue weighted by Crippen LogP contribution is 2.31. The van der Waals surface area contributed by atoms with Crippen molar-refractivity contribution in [2.24, 2.45) is 15.2 Å². The van der Waals surface area contributed by atoms with E-state index in [0.717, 1.165) is 12.0 Å². The number of para-hydroxylation sites is 2. The zero-order valence-electron chi connectivity index (χ0n) is 26.4. The quantitative estimate of drug-likeness (QED) is 0.0769. The van der Waals surface area contributed by atoms with Crippen LogP contribution in [0, 0.1) is 95.4 Å². The Labute approximate surface area is 298 Å². The number of carbonyl (C=O) groups is 1. The number of amidine groups is 1. The van der Waals surface area contributed by atoms with Crippen LogP contribution in [-0.2, 0) is 14.0 Å². The molecule has 12 heteroatoms. The number of nitrogens with one attached hydrogen (secondary N) is 1. The molecule has 3 aromatic rings. The minimum absolute atomic E-state index is 0.154. The second kappa shape index (κ2) is 20.5. The Bertz CT molecular complexity index is 2310. The molecule has 0 aliphatic carbocycles. The van der Waals surface area contributed by atoms with Crippen LogP contribution in [0.15, 0.2) is 92.9 Å². The maximum absolute atomic E-state index is 13.6. The fraction of sp³-hybridized carbons (Fsp3) is 0.0769. The summed E-state index contributed by atoms with van der Waals surface area (Å²) in [6.45, 7) is -1.08. The molecule has 0 spiro atoms. The Morgan fingerprint density at radius 3 is 2.06 bits per heavy atom. The summed E-state index contributed by atoms with van der Waals surface area (Å²) in [4.78, 5) is 23.6. The number of anilines is 1. The maximum Gasteiger partial charge on any atom is 0.280 e. The smallest absolute Gasteiger partial charge is 0.280 e. The minimum Gasteiger partial charge on any atom is -0.497 e. The van der Waals surface area contributed by atoms with Gasteiger partial charge in [-0.3, -0.25) is 15.1 Å². The average Bonchev–Trinajstić information content (AvgIpc) is 3.46. The summed E-state index contributed by atoms with van der Waals surface area (Å²) in [5, 5.41) is 9.70. The Balaban J connectivity index is 1.37. The molecule has 1 saturated heterocycles. The lowest BCUT2D eigenvalue weighted by atomic mass is 10.2. The first-order valence-electron chi connectivity index (χ1n) is 14.2. The fourth-order valence-electron chi connectivity index (χ4n) is 3.65. The monoisotopic (exact) mass is 689 g/mol. The highest BCUT2D eigenvalue weighted by Gasteiger charge is 2.40. The van der Waals surface area contributed by atoms with Crippen LogP contribution in [0.4, 0.5) is 21.5 Å². The van der Waals surface area contributed by atoms with Gasteiger partial charge in [-0.1, -0.05) is 16.5 Å². The Morgan fingerprint density at radius 1 is 0.824 bits per heavy atom. The number of amides is 1. The van der Waals surface area contributed by atoms with Gasteiger partial charge in [0, 0.05) is 46.3 Å². The van der Waals surface area contributed by atoms with Gasteiger partial charge in [-0.25, -0.2) is 14.4 Å². The number of benzene rings is 3. The standard InChI is InChI=1S/C39H20FN5O5S/c1-3-4-5-6-7-8-9-10-11-12-13-14-15-18-29-49-50-51-34-27-23-31(24-28-34)41-38-37(43-42-32-21-25-33(47-2)26-22-32)39(46)45(44-38)35-19-16-17-20-36(35)48-30-40/h1,16-17,19-28,37H,30H2,2H3,(H,41,44). The van der Waals surface area contributed by atoms with Crippen LogP contribution >= 0.6 is 12.0 Å². The number of carbonyl (C=O) groups excluding carboxylic acids is 1.